The van der Waals surface area contributed by atoms with Gasteiger partial charge in [0.15, 0.2) is 0 Å². The number of halogens is 1. The van der Waals surface area contributed by atoms with Crippen molar-refractivity contribution in [1.29, 1.82) is 0 Å². The predicted molar refractivity (Wildman–Crippen MR) is 74.4 cm³/mol. The molecule has 0 radical (unpaired) electrons. The Morgan fingerprint density at radius 3 is 2.71 bits per heavy atom. The van der Waals surface area contributed by atoms with Crippen molar-refractivity contribution in [3.63, 3.8) is 0 Å². The Hall–Kier alpha value is -1.01. The lowest BCUT2D eigenvalue weighted by Gasteiger charge is -2.06. The first-order valence-corrected chi connectivity index (χ1v) is 7.01. The van der Waals surface area contributed by atoms with Gasteiger partial charge in [0.25, 0.3) is 6.20 Å². The molecule has 1 aromatic rings. The number of nitro groups is 1. The fourth-order valence-electron chi connectivity index (χ4n) is 1.25. The molecule has 0 heterocycles. The van der Waals surface area contributed by atoms with Gasteiger partial charge in [0.2, 0.25) is 0 Å². The molecule has 0 aliphatic rings. The topological polar surface area (TPSA) is 55.2 Å². The van der Waals surface area contributed by atoms with Gasteiger partial charge in [0, 0.05) is 11.0 Å². The summed E-state index contributed by atoms with van der Waals surface area (Å²) in [4.78, 5) is 9.86. The van der Waals surface area contributed by atoms with Crippen molar-refractivity contribution in [3.05, 3.63) is 55.6 Å². The molecule has 0 unspecified atom stereocenters. The van der Waals surface area contributed by atoms with Crippen LogP contribution in [0.5, 0.6) is 0 Å². The molecule has 1 N–H and O–H groups in total. The van der Waals surface area contributed by atoms with Gasteiger partial charge >= 0.3 is 0 Å². The minimum Gasteiger partial charge on any atom is -0.374 e. The van der Waals surface area contributed by atoms with Crippen molar-refractivity contribution in [2.45, 2.75) is 6.42 Å². The van der Waals surface area contributed by atoms with Gasteiger partial charge in [-0.2, -0.15) is 0 Å². The summed E-state index contributed by atoms with van der Waals surface area (Å²) < 4.78 is 1.05. The summed E-state index contributed by atoms with van der Waals surface area (Å²) in [7, 11) is 0. The molecule has 0 aromatic heterocycles. The molecular formula is C11H13BrN2O2S. The van der Waals surface area contributed by atoms with Crippen molar-refractivity contribution < 1.29 is 4.92 Å². The van der Waals surface area contributed by atoms with E-state index in [1.807, 2.05) is 30.5 Å². The van der Waals surface area contributed by atoms with Gasteiger partial charge < -0.3 is 5.32 Å². The van der Waals surface area contributed by atoms with Gasteiger partial charge in [0.1, 0.15) is 5.03 Å². The molecule has 0 bridgehead atoms. The average Bonchev–Trinajstić information content (AvgIpc) is 2.30. The van der Waals surface area contributed by atoms with Crippen LogP contribution in [0.25, 0.3) is 0 Å². The van der Waals surface area contributed by atoms with E-state index in [1.165, 1.54) is 17.3 Å². The molecule has 0 atom stereocenters. The van der Waals surface area contributed by atoms with E-state index in [-0.39, 0.29) is 0 Å². The number of thioether (sulfide) groups is 1. The lowest BCUT2D eigenvalue weighted by Crippen LogP contribution is -2.15. The molecule has 0 saturated carbocycles. The first-order chi connectivity index (χ1) is 8.11. The Balaban J connectivity index is 2.41. The smallest absolute Gasteiger partial charge is 0.263 e. The molecule has 17 heavy (non-hydrogen) atoms. The lowest BCUT2D eigenvalue weighted by atomic mass is 10.1. The molecule has 4 nitrogen and oxygen atoms in total. The molecule has 0 amide bonds. The summed E-state index contributed by atoms with van der Waals surface area (Å²) in [6.45, 7) is 0.683. The van der Waals surface area contributed by atoms with E-state index in [0.717, 1.165) is 17.1 Å². The minimum absolute atomic E-state index is 0.446. The monoisotopic (exact) mass is 316 g/mol. The number of hydrogen-bond donors (Lipinski definition) is 1. The van der Waals surface area contributed by atoms with E-state index >= 15 is 0 Å². The molecule has 0 aliphatic carbocycles. The van der Waals surface area contributed by atoms with E-state index in [1.54, 1.807) is 0 Å². The zero-order valence-electron chi connectivity index (χ0n) is 9.35. The minimum atomic E-state index is -0.446. The highest BCUT2D eigenvalue weighted by Gasteiger charge is 2.00. The summed E-state index contributed by atoms with van der Waals surface area (Å²) in [5.41, 5.74) is 1.20. The molecule has 0 spiro atoms. The molecule has 92 valence electrons. The summed E-state index contributed by atoms with van der Waals surface area (Å²) in [6, 6.07) is 8.03. The van der Waals surface area contributed by atoms with Crippen LogP contribution in [0.4, 0.5) is 0 Å². The van der Waals surface area contributed by atoms with Crippen LogP contribution in [0, 0.1) is 10.1 Å². The number of benzene rings is 1. The quantitative estimate of drug-likeness (QED) is 0.647. The molecule has 1 rings (SSSR count). The zero-order chi connectivity index (χ0) is 12.7. The highest BCUT2D eigenvalue weighted by molar-refractivity contribution is 9.10. The van der Waals surface area contributed by atoms with Gasteiger partial charge in [0.05, 0.1) is 4.92 Å². The van der Waals surface area contributed by atoms with Crippen molar-refractivity contribution in [2.75, 3.05) is 12.8 Å². The first kappa shape index (κ1) is 14.1. The Labute approximate surface area is 113 Å². The van der Waals surface area contributed by atoms with Crippen LogP contribution in [0.1, 0.15) is 5.56 Å². The highest BCUT2D eigenvalue weighted by atomic mass is 79.9. The fourth-order valence-corrected chi connectivity index (χ4v) is 1.95. The third-order valence-corrected chi connectivity index (χ3v) is 3.29. The molecule has 0 fully saturated rings. The van der Waals surface area contributed by atoms with Crippen LogP contribution < -0.4 is 5.32 Å². The Morgan fingerprint density at radius 2 is 2.18 bits per heavy atom. The molecule has 0 aliphatic heterocycles. The Kier molecular flexibility index (Phi) is 6.07. The number of nitrogens with one attached hydrogen (secondary N) is 1. The summed E-state index contributed by atoms with van der Waals surface area (Å²) in [5, 5.41) is 13.9. The maximum absolute atomic E-state index is 10.3. The Morgan fingerprint density at radius 1 is 1.53 bits per heavy atom. The number of rotatable bonds is 6. The largest absolute Gasteiger partial charge is 0.374 e. The van der Waals surface area contributed by atoms with Crippen LogP contribution in [0.3, 0.4) is 0 Å². The van der Waals surface area contributed by atoms with Crippen LogP contribution >= 0.6 is 27.7 Å². The second-order valence-corrected chi connectivity index (χ2v) is 5.05. The van der Waals surface area contributed by atoms with Gasteiger partial charge in [-0.25, -0.2) is 0 Å². The zero-order valence-corrected chi connectivity index (χ0v) is 11.8. The summed E-state index contributed by atoms with van der Waals surface area (Å²) in [5.74, 6) is 0. The summed E-state index contributed by atoms with van der Waals surface area (Å²) >= 11 is 4.71. The van der Waals surface area contributed by atoms with Gasteiger partial charge in [-0.05, 0) is 30.4 Å². The second-order valence-electron chi connectivity index (χ2n) is 3.29. The van der Waals surface area contributed by atoms with Crippen molar-refractivity contribution in [2.24, 2.45) is 0 Å². The van der Waals surface area contributed by atoms with E-state index in [0.29, 0.717) is 11.6 Å². The van der Waals surface area contributed by atoms with Gasteiger partial charge in [-0.1, -0.05) is 28.1 Å². The highest BCUT2D eigenvalue weighted by Crippen LogP contribution is 2.11. The third kappa shape index (κ3) is 5.74. The van der Waals surface area contributed by atoms with Crippen LogP contribution in [0.2, 0.25) is 0 Å². The van der Waals surface area contributed by atoms with Gasteiger partial charge in [-0.3, -0.25) is 10.1 Å². The standard InChI is InChI=1S/C11H13BrN2O2S/c1-17-11(8-14(15)16)13-7-6-9-2-4-10(12)5-3-9/h2-5,8,13H,6-7H2,1H3/b11-8-. The van der Waals surface area contributed by atoms with E-state index in [2.05, 4.69) is 21.2 Å². The molecule has 1 aromatic carbocycles. The maximum atomic E-state index is 10.3. The fraction of sp³-hybridized carbons (Fsp3) is 0.273. The van der Waals surface area contributed by atoms with Gasteiger partial charge in [-0.15, -0.1) is 11.8 Å². The SMILES string of the molecule is CS/C(=C\[N+](=O)[O-])NCCc1ccc(Br)cc1. The molecular weight excluding hydrogens is 304 g/mol. The Bertz CT molecular complexity index is 406. The summed E-state index contributed by atoms with van der Waals surface area (Å²) in [6.07, 6.45) is 3.64. The van der Waals surface area contributed by atoms with E-state index in [9.17, 15) is 10.1 Å². The van der Waals surface area contributed by atoms with E-state index < -0.39 is 4.92 Å². The maximum Gasteiger partial charge on any atom is 0.263 e. The average molecular weight is 317 g/mol. The van der Waals surface area contributed by atoms with Crippen LogP contribution in [0.15, 0.2) is 40.0 Å². The lowest BCUT2D eigenvalue weighted by molar-refractivity contribution is -0.403. The third-order valence-electron chi connectivity index (χ3n) is 2.07. The second kappa shape index (κ2) is 7.34. The van der Waals surface area contributed by atoms with Crippen LogP contribution in [-0.4, -0.2) is 17.7 Å². The van der Waals surface area contributed by atoms with Crippen molar-refractivity contribution in [1.82, 2.24) is 5.32 Å². The van der Waals surface area contributed by atoms with E-state index in [4.69, 9.17) is 0 Å². The van der Waals surface area contributed by atoms with Crippen molar-refractivity contribution >= 4 is 27.7 Å². The number of hydrogen-bond acceptors (Lipinski definition) is 4. The predicted octanol–water partition coefficient (Wildman–Crippen LogP) is 3.02. The number of nitrogens with zero attached hydrogens (tertiary/aromatic N) is 1. The van der Waals surface area contributed by atoms with Crippen molar-refractivity contribution in [3.8, 4) is 0 Å². The van der Waals surface area contributed by atoms with Crippen LogP contribution in [-0.2, 0) is 6.42 Å². The molecule has 0 saturated heterocycles. The molecule has 6 heteroatoms. The normalized spacial score (nSPS) is 11.3. The first-order valence-electron chi connectivity index (χ1n) is 4.99.